The van der Waals surface area contributed by atoms with Gasteiger partial charge in [-0.2, -0.15) is 0 Å². The number of H-pyrrole nitrogens is 1. The highest BCUT2D eigenvalue weighted by Crippen LogP contribution is 2.44. The minimum Gasteiger partial charge on any atom is -0.492 e. The van der Waals surface area contributed by atoms with E-state index in [1.54, 1.807) is 24.5 Å². The number of carbonyl (C=O) groups excluding carboxylic acids is 1. The molecule has 2 aliphatic rings. The van der Waals surface area contributed by atoms with Gasteiger partial charge in [-0.1, -0.05) is 12.1 Å². The van der Waals surface area contributed by atoms with E-state index in [4.69, 9.17) is 9.47 Å². The number of amides is 1. The zero-order valence-electron chi connectivity index (χ0n) is 20.9. The van der Waals surface area contributed by atoms with Crippen molar-refractivity contribution in [2.75, 3.05) is 38.7 Å². The lowest BCUT2D eigenvalue weighted by Crippen LogP contribution is -2.34. The molecule has 4 N–H and O–H groups in total. The van der Waals surface area contributed by atoms with Crippen LogP contribution in [-0.2, 0) is 0 Å². The van der Waals surface area contributed by atoms with E-state index >= 15 is 0 Å². The van der Waals surface area contributed by atoms with E-state index in [-0.39, 0.29) is 17.6 Å². The Bertz CT molecular complexity index is 1280. The van der Waals surface area contributed by atoms with Gasteiger partial charge in [0.15, 0.2) is 11.6 Å². The first kappa shape index (κ1) is 24.8. The van der Waals surface area contributed by atoms with Crippen molar-refractivity contribution in [3.05, 3.63) is 66.4 Å². The topological polar surface area (TPSA) is 100 Å². The van der Waals surface area contributed by atoms with Crippen LogP contribution in [-0.4, -0.2) is 49.2 Å². The zero-order chi connectivity index (χ0) is 25.8. The lowest BCUT2D eigenvalue weighted by Gasteiger charge is -2.23. The number of nitrogens with zero attached hydrogens (tertiary/aromatic N) is 1. The van der Waals surface area contributed by atoms with Crippen molar-refractivity contribution in [3.63, 3.8) is 0 Å². The molecule has 0 spiro atoms. The SMILES string of the molecule is C=CCC1CNC(=O)c2c1[nH]c(-c1ccncc1OCC1CCCNC1)c2Nc1cccc(F)c1OC. The quantitative estimate of drug-likeness (QED) is 0.313. The molecular weight excluding hydrogens is 473 g/mol. The van der Waals surface area contributed by atoms with Crippen molar-refractivity contribution >= 4 is 17.3 Å². The number of anilines is 2. The van der Waals surface area contributed by atoms with Gasteiger partial charge in [-0.25, -0.2) is 4.39 Å². The number of allylic oxidation sites excluding steroid dienone is 1. The number of hydrogen-bond acceptors (Lipinski definition) is 6. The molecule has 0 saturated carbocycles. The van der Waals surface area contributed by atoms with Crippen molar-refractivity contribution in [2.45, 2.75) is 25.2 Å². The molecule has 1 aromatic carbocycles. The van der Waals surface area contributed by atoms with Gasteiger partial charge in [-0.05, 0) is 44.0 Å². The Morgan fingerprint density at radius 1 is 1.30 bits per heavy atom. The molecule has 37 heavy (non-hydrogen) atoms. The zero-order valence-corrected chi connectivity index (χ0v) is 20.9. The molecule has 4 heterocycles. The van der Waals surface area contributed by atoms with Gasteiger partial charge in [0.2, 0.25) is 0 Å². The number of para-hydroxylation sites is 1. The highest BCUT2D eigenvalue weighted by atomic mass is 19.1. The van der Waals surface area contributed by atoms with Crippen LogP contribution in [0.3, 0.4) is 0 Å². The number of pyridine rings is 1. The fourth-order valence-corrected chi connectivity index (χ4v) is 5.12. The third-order valence-electron chi connectivity index (χ3n) is 6.98. The second-order valence-electron chi connectivity index (χ2n) is 9.44. The molecule has 2 aromatic heterocycles. The Morgan fingerprint density at radius 3 is 2.97 bits per heavy atom. The minimum atomic E-state index is -0.499. The number of methoxy groups -OCH3 is 1. The Kier molecular flexibility index (Phi) is 7.41. The van der Waals surface area contributed by atoms with Crippen molar-refractivity contribution < 1.29 is 18.7 Å². The van der Waals surface area contributed by atoms with Gasteiger partial charge in [0, 0.05) is 42.4 Å². The molecule has 9 heteroatoms. The van der Waals surface area contributed by atoms with Crippen LogP contribution in [0.25, 0.3) is 11.3 Å². The largest absolute Gasteiger partial charge is 0.492 e. The fraction of sp³-hybridized carbons (Fsp3) is 0.357. The standard InChI is InChI=1S/C28H32FN5O3/c1-3-6-18-14-32-28(35)23-24(18)34-25(26(23)33-21-9-4-8-20(29)27(21)36-2)19-10-12-31-15-22(19)37-16-17-7-5-11-30-13-17/h3-4,8-10,12,15,17-18,30,33-34H,1,5-7,11,13-14,16H2,2H3,(H,32,35). The van der Waals surface area contributed by atoms with Crippen LogP contribution < -0.4 is 25.4 Å². The van der Waals surface area contributed by atoms with E-state index in [1.807, 2.05) is 12.1 Å². The average Bonchev–Trinajstić information content (AvgIpc) is 3.30. The molecule has 5 rings (SSSR count). The predicted octanol–water partition coefficient (Wildman–Crippen LogP) is 4.75. The summed E-state index contributed by atoms with van der Waals surface area (Å²) in [5.41, 5.74) is 3.65. The molecule has 8 nitrogen and oxygen atoms in total. The Labute approximate surface area is 215 Å². The summed E-state index contributed by atoms with van der Waals surface area (Å²) in [6.07, 6.45) is 8.14. The molecule has 1 amide bonds. The van der Waals surface area contributed by atoms with E-state index in [9.17, 15) is 9.18 Å². The van der Waals surface area contributed by atoms with E-state index in [0.29, 0.717) is 53.9 Å². The summed E-state index contributed by atoms with van der Waals surface area (Å²) in [6, 6.07) is 6.51. The maximum absolute atomic E-state index is 14.5. The summed E-state index contributed by atoms with van der Waals surface area (Å²) in [5, 5.41) is 9.70. The smallest absolute Gasteiger partial charge is 0.255 e. The average molecular weight is 506 g/mol. The molecular formula is C28H32FN5O3. The molecule has 194 valence electrons. The first-order valence-corrected chi connectivity index (χ1v) is 12.6. The maximum Gasteiger partial charge on any atom is 0.255 e. The first-order chi connectivity index (χ1) is 18.1. The molecule has 1 saturated heterocycles. The van der Waals surface area contributed by atoms with Crippen molar-refractivity contribution in [3.8, 4) is 22.8 Å². The Hall–Kier alpha value is -3.85. The van der Waals surface area contributed by atoms with Gasteiger partial charge in [-0.15, -0.1) is 6.58 Å². The van der Waals surface area contributed by atoms with E-state index in [1.165, 1.54) is 13.2 Å². The van der Waals surface area contributed by atoms with E-state index in [0.717, 1.165) is 37.2 Å². The molecule has 0 bridgehead atoms. The van der Waals surface area contributed by atoms with Crippen LogP contribution in [0.5, 0.6) is 11.5 Å². The molecule has 2 atom stereocenters. The fourth-order valence-electron chi connectivity index (χ4n) is 5.12. The number of fused-ring (bicyclic) bond motifs is 1. The Morgan fingerprint density at radius 2 is 2.19 bits per heavy atom. The lowest BCUT2D eigenvalue weighted by atomic mass is 9.93. The summed E-state index contributed by atoms with van der Waals surface area (Å²) in [5.74, 6) is 0.408. The van der Waals surface area contributed by atoms with Crippen molar-refractivity contribution in [1.82, 2.24) is 20.6 Å². The molecule has 0 aliphatic carbocycles. The Balaban J connectivity index is 1.60. The highest BCUT2D eigenvalue weighted by Gasteiger charge is 2.33. The molecule has 3 aromatic rings. The van der Waals surface area contributed by atoms with Gasteiger partial charge in [0.25, 0.3) is 5.91 Å². The number of halogens is 1. The van der Waals surface area contributed by atoms with Crippen LogP contribution in [0.4, 0.5) is 15.8 Å². The van der Waals surface area contributed by atoms with Crippen LogP contribution in [0, 0.1) is 11.7 Å². The van der Waals surface area contributed by atoms with Gasteiger partial charge >= 0.3 is 0 Å². The molecule has 1 fully saturated rings. The van der Waals surface area contributed by atoms with Gasteiger partial charge < -0.3 is 30.4 Å². The summed E-state index contributed by atoms with van der Waals surface area (Å²) in [7, 11) is 1.42. The normalized spacial score (nSPS) is 19.0. The number of benzene rings is 1. The number of nitrogens with one attached hydrogen (secondary N) is 4. The first-order valence-electron chi connectivity index (χ1n) is 12.6. The number of aromatic nitrogens is 2. The van der Waals surface area contributed by atoms with Gasteiger partial charge in [0.1, 0.15) is 5.75 Å². The number of ether oxygens (including phenoxy) is 2. The molecule has 2 unspecified atom stereocenters. The summed E-state index contributed by atoms with van der Waals surface area (Å²) < 4.78 is 26.1. The van der Waals surface area contributed by atoms with Crippen LogP contribution in [0.15, 0.2) is 49.3 Å². The molecule has 2 aliphatic heterocycles. The number of carbonyl (C=O) groups is 1. The number of aromatic amines is 1. The van der Waals surface area contributed by atoms with Crippen LogP contribution >= 0.6 is 0 Å². The lowest BCUT2D eigenvalue weighted by molar-refractivity contribution is 0.0941. The number of hydrogen-bond donors (Lipinski definition) is 4. The van der Waals surface area contributed by atoms with Crippen LogP contribution in [0.2, 0.25) is 0 Å². The summed E-state index contributed by atoms with van der Waals surface area (Å²) in [4.78, 5) is 21.0. The monoisotopic (exact) mass is 505 g/mol. The van der Waals surface area contributed by atoms with E-state index < -0.39 is 5.82 Å². The van der Waals surface area contributed by atoms with Crippen molar-refractivity contribution in [2.24, 2.45) is 5.92 Å². The number of piperidine rings is 1. The minimum absolute atomic E-state index is 0.0217. The van der Waals surface area contributed by atoms with E-state index in [2.05, 4.69) is 32.5 Å². The molecule has 0 radical (unpaired) electrons. The second-order valence-corrected chi connectivity index (χ2v) is 9.44. The third kappa shape index (κ3) is 5.04. The second kappa shape index (κ2) is 11.0. The predicted molar refractivity (Wildman–Crippen MR) is 141 cm³/mol. The summed E-state index contributed by atoms with van der Waals surface area (Å²) >= 11 is 0. The third-order valence-corrected chi connectivity index (χ3v) is 6.98. The van der Waals surface area contributed by atoms with Gasteiger partial charge in [0.05, 0.1) is 42.5 Å². The maximum atomic E-state index is 14.5. The number of rotatable bonds is 9. The van der Waals surface area contributed by atoms with Gasteiger partial charge in [-0.3, -0.25) is 9.78 Å². The highest BCUT2D eigenvalue weighted by molar-refractivity contribution is 6.07. The van der Waals surface area contributed by atoms with Crippen molar-refractivity contribution in [1.29, 1.82) is 0 Å². The summed E-state index contributed by atoms with van der Waals surface area (Å²) in [6.45, 7) is 6.90. The van der Waals surface area contributed by atoms with Crippen LogP contribution in [0.1, 0.15) is 41.2 Å².